The van der Waals surface area contributed by atoms with Gasteiger partial charge in [0.2, 0.25) is 18.4 Å². The van der Waals surface area contributed by atoms with Crippen LogP contribution in [-0.2, 0) is 14.3 Å². The summed E-state index contributed by atoms with van der Waals surface area (Å²) in [6.07, 6.45) is 3.08. The third-order valence-electron chi connectivity index (χ3n) is 8.04. The molecule has 1 amide bonds. The monoisotopic (exact) mass is 600 g/mol. The summed E-state index contributed by atoms with van der Waals surface area (Å²) in [4.78, 5) is 26.1. The predicted molar refractivity (Wildman–Crippen MR) is 160 cm³/mol. The molecule has 12 nitrogen and oxygen atoms in total. The first kappa shape index (κ1) is 32.3. The number of fused-ring (bicyclic) bond motifs is 2. The van der Waals surface area contributed by atoms with Crippen molar-refractivity contribution in [1.29, 1.82) is 0 Å². The Bertz CT molecular complexity index is 1220. The second-order valence-corrected chi connectivity index (χ2v) is 10.7. The van der Waals surface area contributed by atoms with Gasteiger partial charge in [-0.2, -0.15) is 0 Å². The molecule has 0 radical (unpaired) electrons. The first-order chi connectivity index (χ1) is 21.0. The van der Waals surface area contributed by atoms with Crippen molar-refractivity contribution in [3.05, 3.63) is 41.0 Å². The molecule has 6 N–H and O–H groups in total. The fourth-order valence-electron chi connectivity index (χ4n) is 5.94. The zero-order valence-electron chi connectivity index (χ0n) is 25.1. The van der Waals surface area contributed by atoms with Gasteiger partial charge in [0.05, 0.1) is 26.9 Å². The number of rotatable bonds is 17. The maximum Gasteiger partial charge on any atom is 0.231 e. The van der Waals surface area contributed by atoms with Crippen molar-refractivity contribution in [3.63, 3.8) is 0 Å². The number of ether oxygens (including phenoxy) is 5. The van der Waals surface area contributed by atoms with Gasteiger partial charge in [-0.15, -0.1) is 0 Å². The van der Waals surface area contributed by atoms with Gasteiger partial charge in [-0.05, 0) is 80.0 Å². The molecule has 0 aromatic heterocycles. The normalized spacial score (nSPS) is 20.4. The number of phenols is 1. The lowest BCUT2D eigenvalue weighted by Gasteiger charge is -2.42. The van der Waals surface area contributed by atoms with Crippen molar-refractivity contribution in [2.75, 3.05) is 67.5 Å². The van der Waals surface area contributed by atoms with E-state index in [9.17, 15) is 14.7 Å². The topological polar surface area (TPSA) is 163 Å². The summed E-state index contributed by atoms with van der Waals surface area (Å²) < 4.78 is 27.9. The number of nitrogens with one attached hydrogen (secondary N) is 3. The molecule has 1 unspecified atom stereocenters. The number of carbonyl (C=O) groups excluding carboxylic acids is 2. The Balaban J connectivity index is 1.61. The highest BCUT2D eigenvalue weighted by atomic mass is 16.7. The summed E-state index contributed by atoms with van der Waals surface area (Å²) in [6, 6.07) is 6.64. The summed E-state index contributed by atoms with van der Waals surface area (Å²) in [7, 11) is 4.49. The van der Waals surface area contributed by atoms with Crippen molar-refractivity contribution >= 4 is 12.2 Å². The van der Waals surface area contributed by atoms with E-state index < -0.39 is 23.8 Å². The number of carbonyl (C=O) groups is 2. The average Bonchev–Trinajstić information content (AvgIpc) is 3.48. The fraction of sp³-hybridized carbons (Fsp3) is 0.548. The summed E-state index contributed by atoms with van der Waals surface area (Å²) in [5.74, 6) is -0.170. The molecule has 236 valence electrons. The van der Waals surface area contributed by atoms with Crippen LogP contribution in [0.1, 0.15) is 47.9 Å². The number of phenolic OH excluding ortho intramolecular Hbond substituents is 1. The van der Waals surface area contributed by atoms with E-state index in [1.807, 2.05) is 12.1 Å². The molecule has 43 heavy (non-hydrogen) atoms. The minimum atomic E-state index is -0.595. The van der Waals surface area contributed by atoms with Crippen LogP contribution in [0.15, 0.2) is 24.3 Å². The molecular formula is C31H44N4O8. The van der Waals surface area contributed by atoms with E-state index in [0.717, 1.165) is 49.9 Å². The van der Waals surface area contributed by atoms with Gasteiger partial charge in [0.1, 0.15) is 6.29 Å². The van der Waals surface area contributed by atoms with Gasteiger partial charge >= 0.3 is 0 Å². The highest BCUT2D eigenvalue weighted by Gasteiger charge is 2.45. The molecule has 2 aliphatic rings. The highest BCUT2D eigenvalue weighted by Crippen LogP contribution is 2.53. The molecule has 12 heteroatoms. The fourth-order valence-corrected chi connectivity index (χ4v) is 5.94. The van der Waals surface area contributed by atoms with Gasteiger partial charge < -0.3 is 55.3 Å². The van der Waals surface area contributed by atoms with Gasteiger partial charge in [-0.25, -0.2) is 0 Å². The molecule has 0 bridgehead atoms. The largest absolute Gasteiger partial charge is 0.502 e. The van der Waals surface area contributed by atoms with E-state index >= 15 is 0 Å². The Labute approximate surface area is 252 Å². The first-order valence-corrected chi connectivity index (χ1v) is 14.7. The second-order valence-electron chi connectivity index (χ2n) is 10.7. The van der Waals surface area contributed by atoms with Crippen LogP contribution in [0.25, 0.3) is 0 Å². The molecule has 0 saturated heterocycles. The SMILES string of the molecule is COC[C@@H]1[C@H](NC(=O)CCNCCCNCCCN)c2cc3c(cc2C(c2cc(OC)c(O)c(OC)c2)[C@H]1C=O)OCO3. The minimum Gasteiger partial charge on any atom is -0.502 e. The van der Waals surface area contributed by atoms with Crippen molar-refractivity contribution in [1.82, 2.24) is 16.0 Å². The second kappa shape index (κ2) is 15.8. The van der Waals surface area contributed by atoms with Crippen LogP contribution in [0.3, 0.4) is 0 Å². The third-order valence-corrected chi connectivity index (χ3v) is 8.04. The van der Waals surface area contributed by atoms with Crippen LogP contribution >= 0.6 is 0 Å². The van der Waals surface area contributed by atoms with Crippen LogP contribution in [0.2, 0.25) is 0 Å². The number of aromatic hydroxyl groups is 1. The number of nitrogens with two attached hydrogens (primary N) is 1. The zero-order chi connectivity index (χ0) is 30.8. The van der Waals surface area contributed by atoms with Gasteiger partial charge in [0.25, 0.3) is 0 Å². The van der Waals surface area contributed by atoms with Crippen LogP contribution in [-0.4, -0.2) is 84.8 Å². The lowest BCUT2D eigenvalue weighted by molar-refractivity contribution is -0.124. The third kappa shape index (κ3) is 7.50. The summed E-state index contributed by atoms with van der Waals surface area (Å²) in [5, 5.41) is 20.4. The molecule has 1 aliphatic carbocycles. The van der Waals surface area contributed by atoms with Gasteiger partial charge in [0, 0.05) is 37.8 Å². The van der Waals surface area contributed by atoms with Crippen LogP contribution in [0.5, 0.6) is 28.7 Å². The Morgan fingerprint density at radius 3 is 2.21 bits per heavy atom. The molecule has 2 aromatic rings. The van der Waals surface area contributed by atoms with Gasteiger partial charge in [0.15, 0.2) is 23.0 Å². The maximum absolute atomic E-state index is 13.2. The Hall–Kier alpha value is -3.58. The van der Waals surface area contributed by atoms with Crippen molar-refractivity contribution < 1.29 is 38.4 Å². The molecule has 1 heterocycles. The summed E-state index contributed by atoms with van der Waals surface area (Å²) >= 11 is 0. The van der Waals surface area contributed by atoms with Crippen LogP contribution in [0.4, 0.5) is 0 Å². The van der Waals surface area contributed by atoms with Crippen molar-refractivity contribution in [2.24, 2.45) is 17.6 Å². The number of benzene rings is 2. The molecule has 2 aromatic carbocycles. The van der Waals surface area contributed by atoms with E-state index in [4.69, 9.17) is 29.4 Å². The van der Waals surface area contributed by atoms with Crippen LogP contribution in [0, 0.1) is 11.8 Å². The maximum atomic E-state index is 13.2. The van der Waals surface area contributed by atoms with Gasteiger partial charge in [-0.3, -0.25) is 4.79 Å². The highest BCUT2D eigenvalue weighted by molar-refractivity contribution is 5.77. The van der Waals surface area contributed by atoms with E-state index in [1.165, 1.54) is 14.2 Å². The molecule has 0 spiro atoms. The molecule has 0 fully saturated rings. The first-order valence-electron chi connectivity index (χ1n) is 14.7. The molecular weight excluding hydrogens is 556 g/mol. The number of amides is 1. The molecule has 0 saturated carbocycles. The van der Waals surface area contributed by atoms with Gasteiger partial charge in [-0.1, -0.05) is 0 Å². The van der Waals surface area contributed by atoms with Crippen molar-refractivity contribution in [3.8, 4) is 28.7 Å². The summed E-state index contributed by atoms with van der Waals surface area (Å²) in [5.41, 5.74) is 7.83. The summed E-state index contributed by atoms with van der Waals surface area (Å²) in [6.45, 7) is 4.08. The Morgan fingerprint density at radius 1 is 0.977 bits per heavy atom. The molecule has 4 atom stereocenters. The Morgan fingerprint density at radius 2 is 1.60 bits per heavy atom. The molecule has 1 aliphatic heterocycles. The van der Waals surface area contributed by atoms with E-state index in [1.54, 1.807) is 19.2 Å². The van der Waals surface area contributed by atoms with E-state index in [2.05, 4.69) is 16.0 Å². The number of hydrogen-bond donors (Lipinski definition) is 5. The standard InChI is InChI=1S/C31H44N4O8/c1-39-17-23-22(16-36)29(19-12-26(40-2)31(38)27(13-19)41-3)20-14-24-25(43-18-42-24)15-21(20)30(23)35-28(37)6-11-34-10-5-9-33-8-4-7-32/h12-16,22-23,29-30,33-34,38H,4-11,17-18,32H2,1-3H3,(H,35,37)/t22-,23-,29?,30+/m0/s1. The smallest absolute Gasteiger partial charge is 0.231 e. The zero-order valence-corrected chi connectivity index (χ0v) is 25.1. The number of methoxy groups -OCH3 is 3. The Kier molecular flexibility index (Phi) is 11.9. The van der Waals surface area contributed by atoms with Crippen molar-refractivity contribution in [2.45, 2.75) is 31.2 Å². The van der Waals surface area contributed by atoms with E-state index in [0.29, 0.717) is 30.2 Å². The minimum absolute atomic E-state index is 0.0770. The average molecular weight is 601 g/mol. The number of aldehydes is 1. The van der Waals surface area contributed by atoms with Crippen LogP contribution < -0.4 is 40.6 Å². The quantitative estimate of drug-likeness (QED) is 0.133. The predicted octanol–water partition coefficient (Wildman–Crippen LogP) is 1.83. The lowest BCUT2D eigenvalue weighted by Crippen LogP contribution is -2.45. The number of hydrogen-bond acceptors (Lipinski definition) is 11. The lowest BCUT2D eigenvalue weighted by atomic mass is 9.64. The molecule has 4 rings (SSSR count). The van der Waals surface area contributed by atoms with E-state index in [-0.39, 0.29) is 43.0 Å².